The Morgan fingerprint density at radius 3 is 2.17 bits per heavy atom. The molecular weight excluding hydrogens is 316 g/mol. The minimum absolute atomic E-state index is 0.0857. The summed E-state index contributed by atoms with van der Waals surface area (Å²) in [6, 6.07) is 6.35. The highest BCUT2D eigenvalue weighted by Gasteiger charge is 2.38. The molecule has 0 N–H and O–H groups in total. The fourth-order valence-electron chi connectivity index (χ4n) is 2.23. The summed E-state index contributed by atoms with van der Waals surface area (Å²) < 4.78 is 25.4. The Morgan fingerprint density at radius 2 is 1.65 bits per heavy atom. The molecule has 0 spiro atoms. The predicted octanol–water partition coefficient (Wildman–Crippen LogP) is 2.23. The smallest absolute Gasteiger partial charge is 0.219 e. The van der Waals surface area contributed by atoms with Crippen LogP contribution in [0.15, 0.2) is 62.3 Å². The van der Waals surface area contributed by atoms with Crippen LogP contribution >= 0.6 is 0 Å². The maximum absolute atomic E-state index is 12.7. The highest BCUT2D eigenvalue weighted by Crippen LogP contribution is 2.35. The van der Waals surface area contributed by atoms with Crippen molar-refractivity contribution in [2.45, 2.75) is 24.4 Å². The van der Waals surface area contributed by atoms with Gasteiger partial charge in [-0.25, -0.2) is 18.0 Å². The molecule has 1 aliphatic rings. The van der Waals surface area contributed by atoms with Crippen LogP contribution < -0.4 is 0 Å². The Balaban J connectivity index is 2.62. The number of hydrogen-bond acceptors (Lipinski definition) is 6. The molecule has 1 aromatic carbocycles. The zero-order valence-electron chi connectivity index (χ0n) is 12.6. The van der Waals surface area contributed by atoms with Crippen LogP contribution in [-0.2, 0) is 19.4 Å². The number of isocyanates is 2. The molecule has 2 rings (SSSR count). The van der Waals surface area contributed by atoms with E-state index in [-0.39, 0.29) is 9.80 Å². The summed E-state index contributed by atoms with van der Waals surface area (Å²) in [4.78, 5) is 28.4. The van der Waals surface area contributed by atoms with Gasteiger partial charge < -0.3 is 0 Å². The molecule has 0 fully saturated rings. The first-order valence-corrected chi connectivity index (χ1v) is 8.25. The Kier molecular flexibility index (Phi) is 4.57. The summed E-state index contributed by atoms with van der Waals surface area (Å²) in [5, 5.41) is 0. The van der Waals surface area contributed by atoms with Crippen LogP contribution in [0.25, 0.3) is 0 Å². The summed E-state index contributed by atoms with van der Waals surface area (Å²) in [6.45, 7) is 3.50. The molecule has 0 bridgehead atoms. The summed E-state index contributed by atoms with van der Waals surface area (Å²) in [7, 11) is -3.82. The average Bonchev–Trinajstić information content (AvgIpc) is 2.51. The molecule has 1 aliphatic carbocycles. The van der Waals surface area contributed by atoms with E-state index in [0.29, 0.717) is 0 Å². The number of aliphatic imine (C=N–C) groups is 2. The van der Waals surface area contributed by atoms with Crippen molar-refractivity contribution in [2.75, 3.05) is 0 Å². The van der Waals surface area contributed by atoms with Crippen molar-refractivity contribution in [1.82, 2.24) is 0 Å². The lowest BCUT2D eigenvalue weighted by molar-refractivity contribution is 0.426. The summed E-state index contributed by atoms with van der Waals surface area (Å²) in [5.41, 5.74) is -0.707. The molecule has 0 saturated heterocycles. The van der Waals surface area contributed by atoms with Crippen LogP contribution in [0, 0.1) is 12.8 Å². The number of benzene rings is 1. The first-order valence-electron chi connectivity index (χ1n) is 6.76. The van der Waals surface area contributed by atoms with Crippen molar-refractivity contribution in [3.05, 3.63) is 53.0 Å². The second-order valence-corrected chi connectivity index (χ2v) is 7.15. The topological polar surface area (TPSA) is 93.0 Å². The second kappa shape index (κ2) is 6.26. The molecule has 0 saturated carbocycles. The SMILES string of the molecule is Cc1ccc(S(=O)(=O)C2=CC(N=C=O)(N=C=O)C(C)C=C2)cc1. The Labute approximate surface area is 133 Å². The van der Waals surface area contributed by atoms with Crippen LogP contribution in [0.4, 0.5) is 0 Å². The van der Waals surface area contributed by atoms with E-state index in [1.165, 1.54) is 42.5 Å². The van der Waals surface area contributed by atoms with Gasteiger partial charge in [-0.1, -0.05) is 30.7 Å². The minimum Gasteiger partial charge on any atom is -0.219 e. The van der Waals surface area contributed by atoms with Gasteiger partial charge >= 0.3 is 0 Å². The lowest BCUT2D eigenvalue weighted by Crippen LogP contribution is -2.32. The molecule has 0 aliphatic heterocycles. The third kappa shape index (κ3) is 3.12. The molecule has 1 atom stereocenters. The summed E-state index contributed by atoms with van der Waals surface area (Å²) in [5.74, 6) is -0.484. The highest BCUT2D eigenvalue weighted by molar-refractivity contribution is 7.95. The van der Waals surface area contributed by atoms with E-state index in [1.54, 1.807) is 19.1 Å². The third-order valence-electron chi connectivity index (χ3n) is 3.67. The molecule has 0 radical (unpaired) electrons. The van der Waals surface area contributed by atoms with E-state index in [1.807, 2.05) is 6.92 Å². The first-order chi connectivity index (χ1) is 10.9. The van der Waals surface area contributed by atoms with Gasteiger partial charge in [0, 0.05) is 5.92 Å². The van der Waals surface area contributed by atoms with Crippen LogP contribution in [0.1, 0.15) is 12.5 Å². The Morgan fingerprint density at radius 1 is 1.09 bits per heavy atom. The van der Waals surface area contributed by atoms with Gasteiger partial charge in [0.2, 0.25) is 22.0 Å². The fourth-order valence-corrected chi connectivity index (χ4v) is 3.58. The van der Waals surface area contributed by atoms with Crippen molar-refractivity contribution in [1.29, 1.82) is 0 Å². The molecule has 23 heavy (non-hydrogen) atoms. The van der Waals surface area contributed by atoms with Crippen molar-refractivity contribution < 1.29 is 18.0 Å². The number of allylic oxidation sites excluding steroid dienone is 1. The third-order valence-corrected chi connectivity index (χ3v) is 5.43. The van der Waals surface area contributed by atoms with Crippen molar-refractivity contribution in [3.63, 3.8) is 0 Å². The van der Waals surface area contributed by atoms with Crippen molar-refractivity contribution >= 4 is 22.0 Å². The van der Waals surface area contributed by atoms with Gasteiger partial charge in [-0.05, 0) is 31.2 Å². The van der Waals surface area contributed by atoms with Gasteiger partial charge in [0.1, 0.15) is 0 Å². The maximum Gasteiger partial charge on any atom is 0.237 e. The van der Waals surface area contributed by atoms with E-state index < -0.39 is 21.4 Å². The second-order valence-electron chi connectivity index (χ2n) is 5.20. The highest BCUT2D eigenvalue weighted by atomic mass is 32.2. The summed E-state index contributed by atoms with van der Waals surface area (Å²) in [6.07, 6.45) is 6.81. The number of rotatable bonds is 4. The molecule has 118 valence electrons. The van der Waals surface area contributed by atoms with Crippen LogP contribution in [0.5, 0.6) is 0 Å². The standard InChI is InChI=1S/C16H14N2O4S/c1-12-3-6-14(7-4-12)23(21,22)15-8-5-13(2)16(9-15,17-10-19)18-11-20/h3-9,13H,1-2H3. The quantitative estimate of drug-likeness (QED) is 0.625. The van der Waals surface area contributed by atoms with Crippen LogP contribution in [-0.4, -0.2) is 26.2 Å². The van der Waals surface area contributed by atoms with Crippen molar-refractivity contribution in [2.24, 2.45) is 15.9 Å². The summed E-state index contributed by atoms with van der Waals surface area (Å²) >= 11 is 0. The number of sulfone groups is 1. The minimum atomic E-state index is -3.82. The molecule has 1 aromatic rings. The number of nitrogens with zero attached hydrogens (tertiary/aromatic N) is 2. The maximum atomic E-state index is 12.7. The lowest BCUT2D eigenvalue weighted by atomic mass is 9.91. The van der Waals surface area contributed by atoms with Gasteiger partial charge in [-0.15, -0.1) is 0 Å². The van der Waals surface area contributed by atoms with E-state index in [4.69, 9.17) is 0 Å². The van der Waals surface area contributed by atoms with E-state index >= 15 is 0 Å². The number of aryl methyl sites for hydroxylation is 1. The predicted molar refractivity (Wildman–Crippen MR) is 83.7 cm³/mol. The van der Waals surface area contributed by atoms with Gasteiger partial charge in [0.05, 0.1) is 9.80 Å². The van der Waals surface area contributed by atoms with Crippen LogP contribution in [0.2, 0.25) is 0 Å². The first kappa shape index (κ1) is 16.8. The van der Waals surface area contributed by atoms with Gasteiger partial charge in [-0.2, -0.15) is 9.98 Å². The molecule has 0 aromatic heterocycles. The molecule has 0 heterocycles. The lowest BCUT2D eigenvalue weighted by Gasteiger charge is -2.27. The zero-order valence-corrected chi connectivity index (χ0v) is 13.4. The fraction of sp³-hybridized carbons (Fsp3) is 0.250. The van der Waals surface area contributed by atoms with E-state index in [2.05, 4.69) is 9.98 Å². The van der Waals surface area contributed by atoms with Crippen LogP contribution in [0.3, 0.4) is 0 Å². The number of hydrogen-bond donors (Lipinski definition) is 0. The zero-order chi connectivity index (χ0) is 17.1. The molecule has 0 amide bonds. The molecular formula is C16H14N2O4S. The average molecular weight is 330 g/mol. The molecule has 1 unspecified atom stereocenters. The monoisotopic (exact) mass is 330 g/mol. The van der Waals surface area contributed by atoms with Gasteiger partial charge in [0.15, 0.2) is 5.66 Å². The largest absolute Gasteiger partial charge is 0.237 e. The molecule has 6 nitrogen and oxygen atoms in total. The van der Waals surface area contributed by atoms with Crippen molar-refractivity contribution in [3.8, 4) is 0 Å². The van der Waals surface area contributed by atoms with E-state index in [9.17, 15) is 18.0 Å². The number of carbonyl (C=O) groups excluding carboxylic acids is 2. The van der Waals surface area contributed by atoms with E-state index in [0.717, 1.165) is 5.56 Å². The normalized spacial score (nSPS) is 23.4. The van der Waals surface area contributed by atoms with Gasteiger partial charge in [0.25, 0.3) is 0 Å². The molecule has 7 heteroatoms. The Hall–Kier alpha value is -2.59. The Bertz CT molecular complexity index is 851. The van der Waals surface area contributed by atoms with Gasteiger partial charge in [-0.3, -0.25) is 0 Å².